The van der Waals surface area contributed by atoms with E-state index in [9.17, 15) is 14.4 Å². The third kappa shape index (κ3) is 6.18. The van der Waals surface area contributed by atoms with Crippen LogP contribution in [0.25, 0.3) is 0 Å². The molecule has 2 N–H and O–H groups in total. The van der Waals surface area contributed by atoms with Crippen LogP contribution in [0.2, 0.25) is 5.02 Å². The van der Waals surface area contributed by atoms with Gasteiger partial charge in [-0.15, -0.1) is 0 Å². The predicted octanol–water partition coefficient (Wildman–Crippen LogP) is 1.74. The number of hydrogen-bond acceptors (Lipinski definition) is 5. The highest BCUT2D eigenvalue weighted by Gasteiger charge is 2.34. The molecule has 1 aliphatic rings. The second kappa shape index (κ2) is 9.66. The quantitative estimate of drug-likeness (QED) is 0.567. The smallest absolute Gasteiger partial charge is 0.308 e. The molecule has 0 bridgehead atoms. The van der Waals surface area contributed by atoms with Gasteiger partial charge in [-0.05, 0) is 42.4 Å². The molecule has 9 heteroatoms. The molecule has 1 saturated heterocycles. The van der Waals surface area contributed by atoms with E-state index in [-0.39, 0.29) is 30.0 Å². The highest BCUT2D eigenvalue weighted by atomic mass is 35.5. The van der Waals surface area contributed by atoms with Crippen LogP contribution in [-0.2, 0) is 14.3 Å². The first-order valence-corrected chi connectivity index (χ1v) is 9.37. The minimum atomic E-state index is -0.823. The first kappa shape index (κ1) is 21.1. The summed E-state index contributed by atoms with van der Waals surface area (Å²) in [4.78, 5) is 38.1. The van der Waals surface area contributed by atoms with Gasteiger partial charge in [-0.1, -0.05) is 25.4 Å². The van der Waals surface area contributed by atoms with Crippen molar-refractivity contribution >= 4 is 46.7 Å². The zero-order valence-electron chi connectivity index (χ0n) is 15.2. The van der Waals surface area contributed by atoms with E-state index in [2.05, 4.69) is 10.6 Å². The van der Waals surface area contributed by atoms with Gasteiger partial charge >= 0.3 is 5.97 Å². The minimum Gasteiger partial charge on any atom is -0.465 e. The number of ether oxygens (including phenoxy) is 1. The lowest BCUT2D eigenvalue weighted by molar-refractivity contribution is -0.148. The number of nitrogens with zero attached hydrogens (tertiary/aromatic N) is 1. The Morgan fingerprint density at radius 1 is 1.37 bits per heavy atom. The van der Waals surface area contributed by atoms with E-state index in [1.807, 2.05) is 13.8 Å². The maximum atomic E-state index is 12.3. The van der Waals surface area contributed by atoms with Crippen molar-refractivity contribution in [3.05, 3.63) is 34.9 Å². The van der Waals surface area contributed by atoms with Crippen molar-refractivity contribution in [2.75, 3.05) is 19.7 Å². The standard InChI is InChI=1S/C18H22ClN3O4S/c1-11(2)10-26-15(23)9-14-17(25)20-7-8-22(14)18(27)21-16(24)12-3-5-13(19)6-4-12/h3-6,11,14H,7-10H2,1-2H3,(H,20,25)(H,21,24,27). The lowest BCUT2D eigenvalue weighted by atomic mass is 10.1. The molecule has 27 heavy (non-hydrogen) atoms. The zero-order valence-corrected chi connectivity index (χ0v) is 16.7. The van der Waals surface area contributed by atoms with Crippen LogP contribution in [0.15, 0.2) is 24.3 Å². The molecule has 1 atom stereocenters. The van der Waals surface area contributed by atoms with E-state index in [0.717, 1.165) is 0 Å². The highest BCUT2D eigenvalue weighted by molar-refractivity contribution is 7.80. The van der Waals surface area contributed by atoms with Crippen molar-refractivity contribution in [1.82, 2.24) is 15.5 Å². The van der Waals surface area contributed by atoms with Crippen LogP contribution in [0.5, 0.6) is 0 Å². The van der Waals surface area contributed by atoms with Gasteiger partial charge < -0.3 is 15.0 Å². The van der Waals surface area contributed by atoms with Gasteiger partial charge in [0, 0.05) is 23.7 Å². The highest BCUT2D eigenvalue weighted by Crippen LogP contribution is 2.13. The van der Waals surface area contributed by atoms with E-state index >= 15 is 0 Å². The number of benzene rings is 1. The summed E-state index contributed by atoms with van der Waals surface area (Å²) in [7, 11) is 0. The third-order valence-corrected chi connectivity index (χ3v) is 4.44. The normalized spacial score (nSPS) is 16.7. The minimum absolute atomic E-state index is 0.0893. The Hall–Kier alpha value is -2.19. The van der Waals surface area contributed by atoms with Gasteiger partial charge in [0.2, 0.25) is 5.91 Å². The van der Waals surface area contributed by atoms with E-state index < -0.39 is 17.9 Å². The second-order valence-corrected chi connectivity index (χ2v) is 7.37. The second-order valence-electron chi connectivity index (χ2n) is 6.55. The van der Waals surface area contributed by atoms with Gasteiger partial charge in [0.15, 0.2) is 5.11 Å². The molecule has 7 nitrogen and oxygen atoms in total. The van der Waals surface area contributed by atoms with Gasteiger partial charge in [0.25, 0.3) is 5.91 Å². The maximum absolute atomic E-state index is 12.3. The zero-order chi connectivity index (χ0) is 20.0. The lowest BCUT2D eigenvalue weighted by Crippen LogP contribution is -2.60. The molecule has 1 aliphatic heterocycles. The van der Waals surface area contributed by atoms with Gasteiger partial charge in [-0.2, -0.15) is 0 Å². The number of carbonyl (C=O) groups excluding carboxylic acids is 3. The fourth-order valence-corrected chi connectivity index (χ4v) is 2.92. The number of hydrogen-bond donors (Lipinski definition) is 2. The molecule has 0 radical (unpaired) electrons. The number of carbonyl (C=O) groups is 3. The molecule has 146 valence electrons. The topological polar surface area (TPSA) is 87.7 Å². The Morgan fingerprint density at radius 3 is 2.67 bits per heavy atom. The van der Waals surface area contributed by atoms with Crippen molar-refractivity contribution in [1.29, 1.82) is 0 Å². The molecule has 1 fully saturated rings. The molecular formula is C18H22ClN3O4S. The van der Waals surface area contributed by atoms with Gasteiger partial charge in [0.05, 0.1) is 13.0 Å². The van der Waals surface area contributed by atoms with Crippen molar-refractivity contribution in [3.63, 3.8) is 0 Å². The molecule has 1 heterocycles. The number of nitrogens with one attached hydrogen (secondary N) is 2. The molecule has 0 aromatic heterocycles. The summed E-state index contributed by atoms with van der Waals surface area (Å²) in [5, 5.41) is 5.91. The largest absolute Gasteiger partial charge is 0.465 e. The van der Waals surface area contributed by atoms with E-state index in [1.54, 1.807) is 29.2 Å². The Labute approximate surface area is 168 Å². The van der Waals surface area contributed by atoms with Gasteiger partial charge in [-0.25, -0.2) is 0 Å². The van der Waals surface area contributed by atoms with Crippen LogP contribution in [0.1, 0.15) is 30.6 Å². The predicted molar refractivity (Wildman–Crippen MR) is 105 cm³/mol. The van der Waals surface area contributed by atoms with Crippen LogP contribution >= 0.6 is 23.8 Å². The number of amides is 2. The van der Waals surface area contributed by atoms with E-state index in [1.165, 1.54) is 0 Å². The summed E-state index contributed by atoms with van der Waals surface area (Å²) >= 11 is 11.1. The Balaban J connectivity index is 2.02. The Morgan fingerprint density at radius 2 is 2.04 bits per heavy atom. The number of piperazine rings is 1. The number of rotatable bonds is 5. The summed E-state index contributed by atoms with van der Waals surface area (Å²) in [5.41, 5.74) is 0.385. The molecule has 2 rings (SSSR count). The SMILES string of the molecule is CC(C)COC(=O)CC1C(=O)NCCN1C(=S)NC(=O)c1ccc(Cl)cc1. The molecule has 2 amide bonds. The molecular weight excluding hydrogens is 390 g/mol. The Kier molecular flexibility index (Phi) is 7.55. The summed E-state index contributed by atoms with van der Waals surface area (Å²) in [6.45, 7) is 4.88. The van der Waals surface area contributed by atoms with Crippen molar-refractivity contribution in [2.45, 2.75) is 26.3 Å². The van der Waals surface area contributed by atoms with E-state index in [4.69, 9.17) is 28.6 Å². The number of esters is 1. The monoisotopic (exact) mass is 411 g/mol. The third-order valence-electron chi connectivity index (χ3n) is 3.86. The van der Waals surface area contributed by atoms with Crippen LogP contribution in [-0.4, -0.2) is 53.5 Å². The van der Waals surface area contributed by atoms with Crippen LogP contribution < -0.4 is 10.6 Å². The molecule has 1 aromatic carbocycles. The number of thiocarbonyl (C=S) groups is 1. The lowest BCUT2D eigenvalue weighted by Gasteiger charge is -2.36. The fourth-order valence-electron chi connectivity index (χ4n) is 2.48. The first-order valence-electron chi connectivity index (χ1n) is 8.58. The van der Waals surface area contributed by atoms with Crippen LogP contribution in [0.3, 0.4) is 0 Å². The number of halogens is 1. The first-order chi connectivity index (χ1) is 12.8. The summed E-state index contributed by atoms with van der Waals surface area (Å²) in [6, 6.07) is 5.52. The van der Waals surface area contributed by atoms with E-state index in [0.29, 0.717) is 23.7 Å². The molecule has 0 spiro atoms. The van der Waals surface area contributed by atoms with Gasteiger partial charge in [0.1, 0.15) is 6.04 Å². The summed E-state index contributed by atoms with van der Waals surface area (Å²) in [6.07, 6.45) is -0.143. The summed E-state index contributed by atoms with van der Waals surface area (Å²) < 4.78 is 5.16. The van der Waals surface area contributed by atoms with Crippen molar-refractivity contribution < 1.29 is 19.1 Å². The van der Waals surface area contributed by atoms with Crippen molar-refractivity contribution in [3.8, 4) is 0 Å². The average Bonchev–Trinajstić information content (AvgIpc) is 2.62. The summed E-state index contributed by atoms with van der Waals surface area (Å²) in [5.74, 6) is -1.03. The fraction of sp³-hybridized carbons (Fsp3) is 0.444. The molecule has 1 unspecified atom stereocenters. The molecule has 0 aliphatic carbocycles. The Bertz CT molecular complexity index is 724. The molecule has 0 saturated carbocycles. The maximum Gasteiger partial charge on any atom is 0.308 e. The van der Waals surface area contributed by atoms with Crippen LogP contribution in [0.4, 0.5) is 0 Å². The van der Waals surface area contributed by atoms with Crippen LogP contribution in [0, 0.1) is 5.92 Å². The average molecular weight is 412 g/mol. The van der Waals surface area contributed by atoms with Gasteiger partial charge in [-0.3, -0.25) is 19.7 Å². The molecule has 1 aromatic rings. The van der Waals surface area contributed by atoms with Crippen molar-refractivity contribution in [2.24, 2.45) is 5.92 Å².